The summed E-state index contributed by atoms with van der Waals surface area (Å²) >= 11 is 1.63. The van der Waals surface area contributed by atoms with E-state index < -0.39 is 5.67 Å². The van der Waals surface area contributed by atoms with Crippen molar-refractivity contribution in [2.24, 2.45) is 10.8 Å². The number of rotatable bonds is 8. The van der Waals surface area contributed by atoms with Crippen molar-refractivity contribution >= 4 is 22.9 Å². The van der Waals surface area contributed by atoms with E-state index in [1.165, 1.54) is 12.8 Å². The van der Waals surface area contributed by atoms with Crippen molar-refractivity contribution in [3.05, 3.63) is 47.1 Å². The number of alkyl halides is 1. The summed E-state index contributed by atoms with van der Waals surface area (Å²) in [4.78, 5) is 25.6. The smallest absolute Gasteiger partial charge is 0.232 e. The van der Waals surface area contributed by atoms with Gasteiger partial charge < -0.3 is 9.42 Å². The van der Waals surface area contributed by atoms with Crippen LogP contribution in [0.1, 0.15) is 100 Å². The first-order valence-electron chi connectivity index (χ1n) is 14.6. The maximum atomic E-state index is 14.3. The van der Waals surface area contributed by atoms with Crippen molar-refractivity contribution in [2.45, 2.75) is 101 Å². The maximum absolute atomic E-state index is 14.3. The lowest BCUT2D eigenvalue weighted by Crippen LogP contribution is -2.65. The van der Waals surface area contributed by atoms with Crippen LogP contribution in [0.5, 0.6) is 0 Å². The second-order valence-corrected chi connectivity index (χ2v) is 14.6. The lowest BCUT2D eigenvalue weighted by molar-refractivity contribution is -0.215. The zero-order chi connectivity index (χ0) is 26.5. The van der Waals surface area contributed by atoms with Gasteiger partial charge in [-0.15, -0.1) is 11.3 Å². The molecule has 0 aliphatic heterocycles. The van der Waals surface area contributed by atoms with Crippen molar-refractivity contribution < 1.29 is 13.7 Å². The minimum absolute atomic E-state index is 0.000621. The number of amides is 1. The van der Waals surface area contributed by atoms with E-state index in [0.29, 0.717) is 31.6 Å². The summed E-state index contributed by atoms with van der Waals surface area (Å²) in [5.74, 6) is 2.40. The van der Waals surface area contributed by atoms with Gasteiger partial charge in [0.05, 0.1) is 0 Å². The molecule has 1 amide bonds. The average Bonchev–Trinajstić information content (AvgIpc) is 3.46. The molecule has 6 nitrogen and oxygen atoms in total. The Labute approximate surface area is 232 Å². The number of benzene rings is 1. The van der Waals surface area contributed by atoms with E-state index in [-0.39, 0.29) is 22.2 Å². The zero-order valence-corrected chi connectivity index (χ0v) is 23.4. The molecule has 4 bridgehead atoms. The Kier molecular flexibility index (Phi) is 5.10. The molecule has 2 heterocycles. The summed E-state index contributed by atoms with van der Waals surface area (Å²) in [5, 5.41) is 7.35. The molecule has 7 fully saturated rings. The van der Waals surface area contributed by atoms with Crippen molar-refractivity contribution in [2.75, 3.05) is 11.4 Å². The number of hydrogen-bond acceptors (Lipinski definition) is 6. The molecule has 0 atom stereocenters. The van der Waals surface area contributed by atoms with Gasteiger partial charge in [-0.05, 0) is 101 Å². The van der Waals surface area contributed by atoms with Gasteiger partial charge in [0.25, 0.3) is 0 Å². The number of anilines is 1. The highest BCUT2D eigenvalue weighted by molar-refractivity contribution is 7.13. The van der Waals surface area contributed by atoms with Gasteiger partial charge in [-0.1, -0.05) is 17.3 Å². The Hall–Kier alpha value is -2.61. The number of fused-ring (bicyclic) bond motifs is 3. The Bertz CT molecular complexity index is 1410. The van der Waals surface area contributed by atoms with E-state index in [0.717, 1.165) is 78.7 Å². The number of nitrogens with zero attached hydrogens (tertiary/aromatic N) is 4. The molecular weight excluding hydrogens is 511 g/mol. The van der Waals surface area contributed by atoms with Gasteiger partial charge in [0.15, 0.2) is 5.82 Å². The fourth-order valence-corrected chi connectivity index (χ4v) is 8.99. The molecule has 0 N–H and O–H groups in total. The Balaban J connectivity index is 1.05. The first-order chi connectivity index (χ1) is 18.8. The van der Waals surface area contributed by atoms with Crippen LogP contribution >= 0.6 is 11.3 Å². The molecule has 10 rings (SSSR count). The SMILES string of the molecule is Cc1csc(-c2cccc(N(CC34CCC(c5nc(C6CC6)no5)(CC3)CC4)C(=O)CC34CC(F)(C3)C4)c2)n1. The van der Waals surface area contributed by atoms with E-state index in [9.17, 15) is 9.18 Å². The van der Waals surface area contributed by atoms with E-state index >= 15 is 0 Å². The standard InChI is InChI=1S/C31H35FN4O2S/c1-20-15-39-26(33-20)22-3-2-4-23(13-22)36(24(37)14-29-16-31(32,17-29)18-29)19-28-7-10-30(11-8-28,12-9-28)27-34-25(35-38-27)21-5-6-21/h2-4,13,15,21H,5-12,14,16-19H2,1H3. The summed E-state index contributed by atoms with van der Waals surface area (Å²) in [6.07, 6.45) is 10.7. The quantitative estimate of drug-likeness (QED) is 0.297. The van der Waals surface area contributed by atoms with E-state index in [1.807, 2.05) is 17.9 Å². The molecule has 39 heavy (non-hydrogen) atoms. The van der Waals surface area contributed by atoms with Crippen molar-refractivity contribution in [1.82, 2.24) is 15.1 Å². The predicted octanol–water partition coefficient (Wildman–Crippen LogP) is 7.29. The number of aromatic nitrogens is 3. The molecular formula is C31H35FN4O2S. The van der Waals surface area contributed by atoms with Gasteiger partial charge in [-0.2, -0.15) is 4.98 Å². The first kappa shape index (κ1) is 24.2. The third kappa shape index (κ3) is 3.99. The van der Waals surface area contributed by atoms with Crippen LogP contribution in [0.2, 0.25) is 0 Å². The summed E-state index contributed by atoms with van der Waals surface area (Å²) in [6, 6.07) is 8.30. The normalized spacial score (nSPS) is 34.4. The highest BCUT2D eigenvalue weighted by Crippen LogP contribution is 2.71. The minimum Gasteiger partial charge on any atom is -0.339 e. The van der Waals surface area contributed by atoms with Gasteiger partial charge in [-0.3, -0.25) is 4.79 Å². The van der Waals surface area contributed by atoms with E-state index in [1.54, 1.807) is 11.3 Å². The summed E-state index contributed by atoms with van der Waals surface area (Å²) < 4.78 is 20.1. The summed E-state index contributed by atoms with van der Waals surface area (Å²) in [6.45, 7) is 2.73. The summed E-state index contributed by atoms with van der Waals surface area (Å²) in [5.41, 5.74) is 1.98. The van der Waals surface area contributed by atoms with Gasteiger partial charge in [0.2, 0.25) is 11.8 Å². The van der Waals surface area contributed by atoms with Gasteiger partial charge in [0, 0.05) is 46.6 Å². The van der Waals surface area contributed by atoms with Crippen LogP contribution in [0.4, 0.5) is 10.1 Å². The van der Waals surface area contributed by atoms with Crippen LogP contribution in [0.15, 0.2) is 34.2 Å². The fourth-order valence-electron chi connectivity index (χ4n) is 8.20. The van der Waals surface area contributed by atoms with Crippen LogP contribution in [-0.2, 0) is 10.2 Å². The molecule has 0 unspecified atom stereocenters. The molecule has 1 aromatic carbocycles. The molecule has 7 aliphatic rings. The monoisotopic (exact) mass is 546 g/mol. The van der Waals surface area contributed by atoms with Gasteiger partial charge in [0.1, 0.15) is 10.7 Å². The highest BCUT2D eigenvalue weighted by atomic mass is 32.1. The largest absolute Gasteiger partial charge is 0.339 e. The predicted molar refractivity (Wildman–Crippen MR) is 147 cm³/mol. The molecule has 3 aromatic rings. The summed E-state index contributed by atoms with van der Waals surface area (Å²) in [7, 11) is 0. The van der Waals surface area contributed by atoms with Crippen molar-refractivity contribution in [3.63, 3.8) is 0 Å². The Morgan fingerprint density at radius 1 is 1.08 bits per heavy atom. The maximum Gasteiger partial charge on any atom is 0.232 e. The minimum atomic E-state index is -0.989. The third-order valence-corrected chi connectivity index (χ3v) is 11.7. The molecule has 0 saturated heterocycles. The Morgan fingerprint density at radius 2 is 1.82 bits per heavy atom. The second-order valence-electron chi connectivity index (χ2n) is 13.7. The van der Waals surface area contributed by atoms with Crippen molar-refractivity contribution in [3.8, 4) is 10.6 Å². The van der Waals surface area contributed by atoms with Crippen LogP contribution in [0.3, 0.4) is 0 Å². The molecule has 204 valence electrons. The molecule has 2 aromatic heterocycles. The Morgan fingerprint density at radius 3 is 2.46 bits per heavy atom. The fraction of sp³-hybridized carbons (Fsp3) is 0.613. The first-order valence-corrected chi connectivity index (χ1v) is 15.5. The van der Waals surface area contributed by atoms with E-state index in [4.69, 9.17) is 9.51 Å². The zero-order valence-electron chi connectivity index (χ0n) is 22.5. The lowest BCUT2D eigenvalue weighted by atomic mass is 9.41. The number of hydrogen-bond donors (Lipinski definition) is 0. The number of halogens is 1. The van der Waals surface area contributed by atoms with Crippen LogP contribution < -0.4 is 4.90 Å². The molecule has 0 radical (unpaired) electrons. The van der Waals surface area contributed by atoms with Crippen LogP contribution in [0.25, 0.3) is 10.6 Å². The number of carbonyl (C=O) groups excluding carboxylic acids is 1. The highest BCUT2D eigenvalue weighted by Gasteiger charge is 2.69. The number of thiazole rings is 1. The van der Waals surface area contributed by atoms with Gasteiger partial charge in [-0.25, -0.2) is 9.37 Å². The topological polar surface area (TPSA) is 72.1 Å². The third-order valence-electron chi connectivity index (χ3n) is 10.7. The van der Waals surface area contributed by atoms with Crippen molar-refractivity contribution in [1.29, 1.82) is 0 Å². The molecule has 7 saturated carbocycles. The lowest BCUT2D eigenvalue weighted by Gasteiger charge is -2.66. The number of aryl methyl sites for hydroxylation is 1. The molecule has 0 spiro atoms. The van der Waals surface area contributed by atoms with Crippen LogP contribution in [-0.4, -0.2) is 33.2 Å². The van der Waals surface area contributed by atoms with Crippen LogP contribution in [0, 0.1) is 17.8 Å². The number of carbonyl (C=O) groups is 1. The van der Waals surface area contributed by atoms with Gasteiger partial charge >= 0.3 is 0 Å². The van der Waals surface area contributed by atoms with E-state index in [2.05, 4.69) is 33.7 Å². The molecule has 8 heteroatoms. The molecule has 7 aliphatic carbocycles. The second kappa shape index (κ2) is 8.21. The average molecular weight is 547 g/mol.